The van der Waals surface area contributed by atoms with E-state index in [0.717, 1.165) is 42.0 Å². The minimum atomic E-state index is -0.204. The number of nitrogens with one attached hydrogen (secondary N) is 1. The summed E-state index contributed by atoms with van der Waals surface area (Å²) in [6.45, 7) is 8.44. The van der Waals surface area contributed by atoms with Crippen LogP contribution in [0.5, 0.6) is 5.75 Å². The van der Waals surface area contributed by atoms with Crippen molar-refractivity contribution < 1.29 is 9.53 Å². The van der Waals surface area contributed by atoms with Crippen LogP contribution in [0, 0.1) is 0 Å². The van der Waals surface area contributed by atoms with Gasteiger partial charge in [-0.2, -0.15) is 0 Å². The van der Waals surface area contributed by atoms with Gasteiger partial charge in [0.1, 0.15) is 17.3 Å². The first-order valence-electron chi connectivity index (χ1n) is 11.8. The Labute approximate surface area is 201 Å². The maximum Gasteiger partial charge on any atom is 0.270 e. The topological polar surface area (TPSA) is 69.0 Å². The fraction of sp³-hybridized carbons (Fsp3) is 0.321. The monoisotopic (exact) mass is 456 g/mol. The Morgan fingerprint density at radius 2 is 1.74 bits per heavy atom. The number of rotatable bonds is 9. The average molecular weight is 457 g/mol. The highest BCUT2D eigenvalue weighted by atomic mass is 16.5. The number of aryl methyl sites for hydroxylation is 1. The maximum atomic E-state index is 12.4. The van der Waals surface area contributed by atoms with E-state index in [1.54, 1.807) is 24.4 Å². The van der Waals surface area contributed by atoms with Gasteiger partial charge in [-0.25, -0.2) is 4.98 Å². The number of pyridine rings is 1. The van der Waals surface area contributed by atoms with E-state index >= 15 is 0 Å². The number of hydrogen-bond acceptors (Lipinski definition) is 4. The van der Waals surface area contributed by atoms with E-state index in [0.29, 0.717) is 18.8 Å². The first kappa shape index (κ1) is 23.5. The number of amides is 1. The van der Waals surface area contributed by atoms with E-state index in [-0.39, 0.29) is 11.3 Å². The molecule has 0 saturated carbocycles. The van der Waals surface area contributed by atoms with Crippen LogP contribution in [0.25, 0.3) is 11.0 Å². The Morgan fingerprint density at radius 3 is 2.47 bits per heavy atom. The standard InChI is InChI=1S/C28H32N4O2/c1-28(2,3)21-13-15-22(16-14-21)34-19-9-8-18-32-25-12-5-4-10-23(25)31-26(32)20-30-27(33)24-11-6-7-17-29-24/h4-7,10-17H,8-9,18-20H2,1-3H3,(H,30,33). The van der Waals surface area contributed by atoms with Crippen molar-refractivity contribution in [2.24, 2.45) is 0 Å². The summed E-state index contributed by atoms with van der Waals surface area (Å²) in [6, 6.07) is 21.7. The number of carbonyl (C=O) groups excluding carboxylic acids is 1. The molecule has 0 aliphatic heterocycles. The second kappa shape index (κ2) is 10.5. The van der Waals surface area contributed by atoms with Crippen molar-refractivity contribution in [1.29, 1.82) is 0 Å². The minimum Gasteiger partial charge on any atom is -0.494 e. The second-order valence-corrected chi connectivity index (χ2v) is 9.40. The van der Waals surface area contributed by atoms with Gasteiger partial charge >= 0.3 is 0 Å². The fourth-order valence-electron chi connectivity index (χ4n) is 3.87. The van der Waals surface area contributed by atoms with Gasteiger partial charge in [-0.05, 0) is 60.2 Å². The number of nitrogens with zero attached hydrogens (tertiary/aromatic N) is 3. The summed E-state index contributed by atoms with van der Waals surface area (Å²) in [7, 11) is 0. The molecule has 2 aromatic carbocycles. The van der Waals surface area contributed by atoms with Gasteiger partial charge in [0.25, 0.3) is 5.91 Å². The minimum absolute atomic E-state index is 0.140. The van der Waals surface area contributed by atoms with Crippen molar-refractivity contribution in [2.45, 2.75) is 52.1 Å². The zero-order valence-electron chi connectivity index (χ0n) is 20.1. The van der Waals surface area contributed by atoms with Crippen LogP contribution in [0.15, 0.2) is 72.9 Å². The van der Waals surface area contributed by atoms with Gasteiger partial charge in [-0.1, -0.05) is 51.1 Å². The lowest BCUT2D eigenvalue weighted by Crippen LogP contribution is -2.25. The maximum absolute atomic E-state index is 12.4. The first-order valence-corrected chi connectivity index (χ1v) is 11.8. The number of hydrogen-bond donors (Lipinski definition) is 1. The molecule has 4 aromatic rings. The molecule has 4 rings (SSSR count). The fourth-order valence-corrected chi connectivity index (χ4v) is 3.87. The lowest BCUT2D eigenvalue weighted by molar-refractivity contribution is 0.0944. The molecule has 0 radical (unpaired) electrons. The molecule has 2 heterocycles. The molecular weight excluding hydrogens is 424 g/mol. The number of imidazole rings is 1. The molecule has 6 nitrogen and oxygen atoms in total. The van der Waals surface area contributed by atoms with E-state index in [2.05, 4.69) is 53.8 Å². The number of unbranched alkanes of at least 4 members (excludes halogenated alkanes) is 1. The van der Waals surface area contributed by atoms with Crippen LogP contribution in [0.4, 0.5) is 0 Å². The van der Waals surface area contributed by atoms with Crippen molar-refractivity contribution in [3.8, 4) is 5.75 Å². The summed E-state index contributed by atoms with van der Waals surface area (Å²) in [5.74, 6) is 1.54. The normalized spacial score (nSPS) is 11.5. The van der Waals surface area contributed by atoms with E-state index in [1.807, 2.05) is 30.3 Å². The van der Waals surface area contributed by atoms with Gasteiger partial charge in [-0.3, -0.25) is 9.78 Å². The molecule has 0 aliphatic rings. The zero-order chi connectivity index (χ0) is 24.0. The third kappa shape index (κ3) is 5.81. The Hall–Kier alpha value is -3.67. The van der Waals surface area contributed by atoms with Crippen molar-refractivity contribution in [1.82, 2.24) is 19.9 Å². The molecule has 2 aromatic heterocycles. The van der Waals surface area contributed by atoms with Gasteiger partial charge < -0.3 is 14.6 Å². The summed E-state index contributed by atoms with van der Waals surface area (Å²) < 4.78 is 8.14. The van der Waals surface area contributed by atoms with Crippen molar-refractivity contribution in [3.05, 3.63) is 90.0 Å². The molecule has 176 valence electrons. The van der Waals surface area contributed by atoms with Crippen molar-refractivity contribution >= 4 is 16.9 Å². The van der Waals surface area contributed by atoms with Crippen LogP contribution >= 0.6 is 0 Å². The van der Waals surface area contributed by atoms with Crippen LogP contribution < -0.4 is 10.1 Å². The molecule has 1 amide bonds. The van der Waals surface area contributed by atoms with Crippen molar-refractivity contribution in [2.75, 3.05) is 6.61 Å². The zero-order valence-corrected chi connectivity index (χ0v) is 20.1. The van der Waals surface area contributed by atoms with Gasteiger partial charge in [0, 0.05) is 12.7 Å². The highest BCUT2D eigenvalue weighted by Crippen LogP contribution is 2.24. The highest BCUT2D eigenvalue weighted by molar-refractivity contribution is 5.92. The number of ether oxygens (including phenoxy) is 1. The lowest BCUT2D eigenvalue weighted by atomic mass is 9.87. The predicted molar refractivity (Wildman–Crippen MR) is 135 cm³/mol. The summed E-state index contributed by atoms with van der Waals surface area (Å²) in [5.41, 5.74) is 3.84. The summed E-state index contributed by atoms with van der Waals surface area (Å²) in [4.78, 5) is 21.3. The molecule has 0 saturated heterocycles. The van der Waals surface area contributed by atoms with E-state index in [1.165, 1.54) is 5.56 Å². The van der Waals surface area contributed by atoms with Crippen LogP contribution in [-0.2, 0) is 18.5 Å². The van der Waals surface area contributed by atoms with Crippen molar-refractivity contribution in [3.63, 3.8) is 0 Å². The van der Waals surface area contributed by atoms with E-state index < -0.39 is 0 Å². The van der Waals surface area contributed by atoms with Gasteiger partial charge in [0.15, 0.2) is 0 Å². The Balaban J connectivity index is 1.33. The number of aromatic nitrogens is 3. The molecule has 6 heteroatoms. The van der Waals surface area contributed by atoms with Gasteiger partial charge in [-0.15, -0.1) is 0 Å². The summed E-state index contributed by atoms with van der Waals surface area (Å²) in [5, 5.41) is 2.95. The summed E-state index contributed by atoms with van der Waals surface area (Å²) >= 11 is 0. The largest absolute Gasteiger partial charge is 0.494 e. The molecular formula is C28H32N4O2. The molecule has 0 bridgehead atoms. The van der Waals surface area contributed by atoms with Crippen LogP contribution in [0.3, 0.4) is 0 Å². The average Bonchev–Trinajstić information content (AvgIpc) is 3.20. The predicted octanol–water partition coefficient (Wildman–Crippen LogP) is 5.52. The van der Waals surface area contributed by atoms with Gasteiger partial charge in [0.05, 0.1) is 24.2 Å². The quantitative estimate of drug-likeness (QED) is 0.337. The molecule has 1 N–H and O–H groups in total. The Morgan fingerprint density at radius 1 is 0.971 bits per heavy atom. The third-order valence-corrected chi connectivity index (χ3v) is 5.80. The van der Waals surface area contributed by atoms with E-state index in [9.17, 15) is 4.79 Å². The first-order chi connectivity index (χ1) is 16.4. The van der Waals surface area contributed by atoms with Gasteiger partial charge in [0.2, 0.25) is 0 Å². The summed E-state index contributed by atoms with van der Waals surface area (Å²) in [6.07, 6.45) is 3.49. The number of fused-ring (bicyclic) bond motifs is 1. The molecule has 0 fully saturated rings. The van der Waals surface area contributed by atoms with Crippen LogP contribution in [0.2, 0.25) is 0 Å². The molecule has 0 aliphatic carbocycles. The number of carbonyl (C=O) groups is 1. The van der Waals surface area contributed by atoms with E-state index in [4.69, 9.17) is 9.72 Å². The highest BCUT2D eigenvalue weighted by Gasteiger charge is 2.14. The molecule has 0 spiro atoms. The molecule has 0 atom stereocenters. The Kier molecular flexibility index (Phi) is 7.26. The smallest absolute Gasteiger partial charge is 0.270 e. The number of para-hydroxylation sites is 2. The molecule has 0 unspecified atom stereocenters. The van der Waals surface area contributed by atoms with Crippen LogP contribution in [0.1, 0.15) is 55.5 Å². The molecule has 34 heavy (non-hydrogen) atoms. The third-order valence-electron chi connectivity index (χ3n) is 5.80. The Bertz CT molecular complexity index is 1220. The number of benzene rings is 2. The SMILES string of the molecule is CC(C)(C)c1ccc(OCCCCn2c(CNC(=O)c3ccccn3)nc3ccccc32)cc1. The second-order valence-electron chi connectivity index (χ2n) is 9.40. The lowest BCUT2D eigenvalue weighted by Gasteiger charge is -2.19. The van der Waals surface area contributed by atoms with Crippen LogP contribution in [-0.4, -0.2) is 27.0 Å².